The third kappa shape index (κ3) is 5.74. The predicted molar refractivity (Wildman–Crippen MR) is 161 cm³/mol. The van der Waals surface area contributed by atoms with Gasteiger partial charge in [0.15, 0.2) is 0 Å². The zero-order chi connectivity index (χ0) is 29.0. The smallest absolute Gasteiger partial charge is 0.228 e. The van der Waals surface area contributed by atoms with Crippen LogP contribution in [0, 0.1) is 11.8 Å². The summed E-state index contributed by atoms with van der Waals surface area (Å²) >= 11 is 0. The summed E-state index contributed by atoms with van der Waals surface area (Å²) < 4.78 is 0. The molecule has 2 aliphatic rings. The van der Waals surface area contributed by atoms with Crippen LogP contribution < -0.4 is 5.32 Å². The van der Waals surface area contributed by atoms with Crippen LogP contribution in [0.5, 0.6) is 0 Å². The lowest BCUT2D eigenvalue weighted by molar-refractivity contribution is -0.164. The Morgan fingerprint density at radius 1 is 1.15 bits per heavy atom. The van der Waals surface area contributed by atoms with E-state index in [4.69, 9.17) is 0 Å². The Balaban J connectivity index is 1.56. The molecule has 2 aliphatic heterocycles. The summed E-state index contributed by atoms with van der Waals surface area (Å²) in [5.41, 5.74) is 4.94. The molecular formula is C33H46N4O3. The third-order valence-electron chi connectivity index (χ3n) is 8.93. The standard InChI is InChI=1S/C33H46N4O3/c1-7-36(8-2)32(40)27-20-24(21-29(38)34-18-16-23(5)13-11-12-22(3)4)31(39)37-19-17-26-25-14-9-10-15-28(25)35-30(26)33(27,37)6/h9-10,12,14-16,24,27,35H,7-8,11,13,17-21H2,1-6H3,(H,34,38)/b23-16+/t24?,27-,33+/m1/s1. The van der Waals surface area contributed by atoms with Crippen molar-refractivity contribution in [3.8, 4) is 0 Å². The van der Waals surface area contributed by atoms with Gasteiger partial charge >= 0.3 is 0 Å². The van der Waals surface area contributed by atoms with Crippen molar-refractivity contribution in [3.63, 3.8) is 0 Å². The average molecular weight is 547 g/mol. The van der Waals surface area contributed by atoms with Crippen molar-refractivity contribution in [1.29, 1.82) is 0 Å². The van der Waals surface area contributed by atoms with Crippen LogP contribution in [0.2, 0.25) is 0 Å². The SMILES string of the molecule is CCN(CC)C(=O)[C@H]1CC(CC(=O)NC/C=C(\C)CCC=C(C)C)C(=O)N2CCc3c([nH]c4ccccc34)[C@]12C. The van der Waals surface area contributed by atoms with Crippen molar-refractivity contribution in [2.24, 2.45) is 11.8 Å². The number of piperidine rings is 1. The van der Waals surface area contributed by atoms with Crippen molar-refractivity contribution in [1.82, 2.24) is 20.1 Å². The number of aromatic nitrogens is 1. The Morgan fingerprint density at radius 2 is 1.88 bits per heavy atom. The number of carbonyl (C=O) groups is 3. The van der Waals surface area contributed by atoms with Gasteiger partial charge in [0.1, 0.15) is 0 Å². The number of amides is 3. The van der Waals surface area contributed by atoms with Gasteiger partial charge in [-0.15, -0.1) is 0 Å². The first-order valence-electron chi connectivity index (χ1n) is 14.9. The van der Waals surface area contributed by atoms with Gasteiger partial charge in [-0.05, 0) is 78.9 Å². The molecule has 2 N–H and O–H groups in total. The van der Waals surface area contributed by atoms with E-state index in [0.29, 0.717) is 32.6 Å². The number of nitrogens with zero attached hydrogens (tertiary/aromatic N) is 2. The molecule has 0 bridgehead atoms. The Morgan fingerprint density at radius 3 is 2.58 bits per heavy atom. The van der Waals surface area contributed by atoms with E-state index in [1.54, 1.807) is 0 Å². The van der Waals surface area contributed by atoms with Crippen LogP contribution in [-0.2, 0) is 26.3 Å². The second kappa shape index (κ2) is 12.4. The van der Waals surface area contributed by atoms with Gasteiger partial charge in [-0.3, -0.25) is 14.4 Å². The fourth-order valence-corrected chi connectivity index (χ4v) is 6.61. The van der Waals surface area contributed by atoms with Gasteiger partial charge in [0.2, 0.25) is 17.7 Å². The number of benzene rings is 1. The number of fused-ring (bicyclic) bond motifs is 5. The minimum atomic E-state index is -0.790. The molecule has 3 heterocycles. The highest BCUT2D eigenvalue weighted by Crippen LogP contribution is 2.50. The van der Waals surface area contributed by atoms with Gasteiger partial charge in [0, 0.05) is 55.1 Å². The molecular weight excluding hydrogens is 500 g/mol. The van der Waals surface area contributed by atoms with Crippen LogP contribution in [0.3, 0.4) is 0 Å². The number of rotatable bonds is 10. The molecule has 2 aromatic rings. The largest absolute Gasteiger partial charge is 0.356 e. The summed E-state index contributed by atoms with van der Waals surface area (Å²) in [6.45, 7) is 14.5. The van der Waals surface area contributed by atoms with Crippen molar-refractivity contribution in [3.05, 3.63) is 58.8 Å². The van der Waals surface area contributed by atoms with E-state index in [1.165, 1.54) is 16.7 Å². The summed E-state index contributed by atoms with van der Waals surface area (Å²) in [5.74, 6) is -1.08. The molecule has 216 valence electrons. The van der Waals surface area contributed by atoms with Crippen LogP contribution in [0.4, 0.5) is 0 Å². The summed E-state index contributed by atoms with van der Waals surface area (Å²) in [5, 5.41) is 4.14. The molecule has 1 saturated heterocycles. The fourth-order valence-electron chi connectivity index (χ4n) is 6.61. The number of hydrogen-bond donors (Lipinski definition) is 2. The molecule has 0 spiro atoms. The summed E-state index contributed by atoms with van der Waals surface area (Å²) in [6.07, 6.45) is 7.39. The van der Waals surface area contributed by atoms with Gasteiger partial charge < -0.3 is 20.1 Å². The normalized spacial score (nSPS) is 22.5. The van der Waals surface area contributed by atoms with Crippen LogP contribution in [0.15, 0.2) is 47.6 Å². The van der Waals surface area contributed by atoms with E-state index < -0.39 is 17.4 Å². The molecule has 7 heteroatoms. The number of carbonyl (C=O) groups excluding carboxylic acids is 3. The Kier molecular flexibility index (Phi) is 9.22. The lowest BCUT2D eigenvalue weighted by Crippen LogP contribution is -2.64. The van der Waals surface area contributed by atoms with E-state index in [9.17, 15) is 14.4 Å². The maximum absolute atomic E-state index is 14.0. The second-order valence-corrected chi connectivity index (χ2v) is 11.8. The van der Waals surface area contributed by atoms with Crippen LogP contribution in [0.1, 0.15) is 78.5 Å². The first-order chi connectivity index (χ1) is 19.1. The fraction of sp³-hybridized carbons (Fsp3) is 0.545. The number of hydrogen-bond acceptors (Lipinski definition) is 3. The minimum absolute atomic E-state index is 0.0287. The highest BCUT2D eigenvalue weighted by atomic mass is 16.2. The molecule has 0 aliphatic carbocycles. The molecule has 1 unspecified atom stereocenters. The van der Waals surface area contributed by atoms with Gasteiger partial charge in [0.25, 0.3) is 0 Å². The molecule has 1 fully saturated rings. The zero-order valence-corrected chi connectivity index (χ0v) is 25.1. The van der Waals surface area contributed by atoms with Gasteiger partial charge in [0.05, 0.1) is 11.5 Å². The molecule has 0 saturated carbocycles. The number of allylic oxidation sites excluding steroid dienone is 3. The van der Waals surface area contributed by atoms with Crippen molar-refractivity contribution < 1.29 is 14.4 Å². The van der Waals surface area contributed by atoms with Gasteiger partial charge in [-0.1, -0.05) is 41.5 Å². The molecule has 1 aromatic carbocycles. The van der Waals surface area contributed by atoms with E-state index >= 15 is 0 Å². The van der Waals surface area contributed by atoms with E-state index in [-0.39, 0.29) is 24.1 Å². The predicted octanol–water partition coefficient (Wildman–Crippen LogP) is 5.47. The molecule has 7 nitrogen and oxygen atoms in total. The summed E-state index contributed by atoms with van der Waals surface area (Å²) in [4.78, 5) is 48.3. The van der Waals surface area contributed by atoms with Gasteiger partial charge in [-0.25, -0.2) is 0 Å². The van der Waals surface area contributed by atoms with Crippen LogP contribution >= 0.6 is 0 Å². The first kappa shape index (κ1) is 29.6. The summed E-state index contributed by atoms with van der Waals surface area (Å²) in [6, 6.07) is 8.20. The maximum atomic E-state index is 14.0. The maximum Gasteiger partial charge on any atom is 0.228 e. The Bertz CT molecular complexity index is 1310. The number of aromatic amines is 1. The van der Waals surface area contributed by atoms with E-state index in [1.807, 2.05) is 48.8 Å². The molecule has 0 radical (unpaired) electrons. The topological polar surface area (TPSA) is 85.5 Å². The Labute approximate surface area is 239 Å². The molecule has 40 heavy (non-hydrogen) atoms. The highest BCUT2D eigenvalue weighted by molar-refractivity contribution is 5.93. The number of para-hydroxylation sites is 1. The first-order valence-corrected chi connectivity index (χ1v) is 14.9. The van der Waals surface area contributed by atoms with Crippen LogP contribution in [0.25, 0.3) is 10.9 Å². The molecule has 3 amide bonds. The third-order valence-corrected chi connectivity index (χ3v) is 8.93. The lowest BCUT2D eigenvalue weighted by Gasteiger charge is -2.54. The quantitative estimate of drug-likeness (QED) is 0.388. The summed E-state index contributed by atoms with van der Waals surface area (Å²) in [7, 11) is 0. The van der Waals surface area contributed by atoms with Crippen molar-refractivity contribution in [2.45, 2.75) is 79.2 Å². The zero-order valence-electron chi connectivity index (χ0n) is 25.1. The number of H-pyrrole nitrogens is 1. The van der Waals surface area contributed by atoms with Gasteiger partial charge in [-0.2, -0.15) is 0 Å². The van der Waals surface area contributed by atoms with Crippen LogP contribution in [-0.4, -0.2) is 58.7 Å². The second-order valence-electron chi connectivity index (χ2n) is 11.8. The van der Waals surface area contributed by atoms with E-state index in [0.717, 1.165) is 35.9 Å². The van der Waals surface area contributed by atoms with Crippen molar-refractivity contribution in [2.75, 3.05) is 26.2 Å². The lowest BCUT2D eigenvalue weighted by atomic mass is 9.67. The molecule has 1 aromatic heterocycles. The monoisotopic (exact) mass is 546 g/mol. The molecule has 4 rings (SSSR count). The van der Waals surface area contributed by atoms with E-state index in [2.05, 4.69) is 49.3 Å². The molecule has 3 atom stereocenters. The average Bonchev–Trinajstić information content (AvgIpc) is 3.31. The minimum Gasteiger partial charge on any atom is -0.356 e. The number of nitrogens with one attached hydrogen (secondary N) is 2. The highest BCUT2D eigenvalue weighted by Gasteiger charge is 2.57. The Hall–Kier alpha value is -3.35. The van der Waals surface area contributed by atoms with Crippen molar-refractivity contribution >= 4 is 28.6 Å².